The minimum Gasteiger partial charge on any atom is -0.493 e. The average molecular weight is 561 g/mol. The average Bonchev–Trinajstić information content (AvgIpc) is 2.83. The van der Waals surface area contributed by atoms with Gasteiger partial charge in [-0.1, -0.05) is 52.1 Å². The van der Waals surface area contributed by atoms with Crippen molar-refractivity contribution in [3.05, 3.63) is 96.4 Å². The maximum Gasteiger partial charge on any atom is 0.282 e. The molecule has 0 saturated heterocycles. The molecule has 3 aromatic carbocycles. The van der Waals surface area contributed by atoms with E-state index in [1.54, 1.807) is 43.7 Å². The molecule has 0 unspecified atom stereocenters. The molecule has 34 heavy (non-hydrogen) atoms. The Morgan fingerprint density at radius 3 is 2.65 bits per heavy atom. The summed E-state index contributed by atoms with van der Waals surface area (Å²) >= 11 is 15.6. The van der Waals surface area contributed by atoms with Gasteiger partial charge in [-0.25, -0.2) is 4.98 Å². The Hall–Kier alpha value is -2.87. The van der Waals surface area contributed by atoms with Crippen LogP contribution in [0.15, 0.2) is 69.0 Å². The second-order valence-electron chi connectivity index (χ2n) is 7.34. The number of hydrogen-bond donors (Lipinski definition) is 0. The molecule has 174 valence electrons. The molecule has 0 fully saturated rings. The van der Waals surface area contributed by atoms with Crippen LogP contribution < -0.4 is 15.0 Å². The first-order chi connectivity index (χ1) is 16.4. The molecule has 0 atom stereocenters. The molecule has 0 aliphatic heterocycles. The van der Waals surface area contributed by atoms with Gasteiger partial charge in [0, 0.05) is 26.5 Å². The van der Waals surface area contributed by atoms with Gasteiger partial charge in [0.05, 0.1) is 24.2 Å². The molecular formula is C25H20BrCl2N3O3. The maximum absolute atomic E-state index is 13.1. The minimum atomic E-state index is -0.230. The van der Waals surface area contributed by atoms with Gasteiger partial charge >= 0.3 is 0 Å². The molecule has 0 aliphatic carbocycles. The standard InChI is InChI=1S/C25H20BrCl2N3O3/c1-3-24-30-21-8-6-17(26)11-19(21)25(32)31(24)29-13-15-4-9-22(23(10-15)33-2)34-14-16-5-7-18(27)12-20(16)28/h4-13H,3,14H2,1-2H3. The second-order valence-corrected chi connectivity index (χ2v) is 9.10. The quantitative estimate of drug-likeness (QED) is 0.242. The zero-order valence-corrected chi connectivity index (χ0v) is 21.5. The maximum atomic E-state index is 13.1. The number of fused-ring (bicyclic) bond motifs is 1. The molecule has 0 spiro atoms. The minimum absolute atomic E-state index is 0.230. The lowest BCUT2D eigenvalue weighted by Gasteiger charge is -2.12. The van der Waals surface area contributed by atoms with Gasteiger partial charge in [0.2, 0.25) is 0 Å². The van der Waals surface area contributed by atoms with Crippen molar-refractivity contribution < 1.29 is 9.47 Å². The zero-order valence-electron chi connectivity index (χ0n) is 18.4. The fourth-order valence-electron chi connectivity index (χ4n) is 3.35. The Kier molecular flexibility index (Phi) is 7.56. The summed E-state index contributed by atoms with van der Waals surface area (Å²) in [6, 6.07) is 16.1. The summed E-state index contributed by atoms with van der Waals surface area (Å²) in [6.45, 7) is 2.19. The van der Waals surface area contributed by atoms with Gasteiger partial charge in [-0.2, -0.15) is 9.78 Å². The van der Waals surface area contributed by atoms with E-state index in [0.717, 1.165) is 15.6 Å². The first-order valence-corrected chi connectivity index (χ1v) is 11.9. The van der Waals surface area contributed by atoms with Crippen LogP contribution in [0.2, 0.25) is 10.0 Å². The van der Waals surface area contributed by atoms with E-state index in [9.17, 15) is 4.79 Å². The molecular weight excluding hydrogens is 541 g/mol. The van der Waals surface area contributed by atoms with E-state index in [-0.39, 0.29) is 12.2 Å². The zero-order chi connectivity index (χ0) is 24.2. The van der Waals surface area contributed by atoms with Crippen molar-refractivity contribution in [2.45, 2.75) is 20.0 Å². The highest BCUT2D eigenvalue weighted by atomic mass is 79.9. The number of methoxy groups -OCH3 is 1. The molecule has 4 rings (SSSR count). The van der Waals surface area contributed by atoms with E-state index in [0.29, 0.717) is 44.7 Å². The summed E-state index contributed by atoms with van der Waals surface area (Å²) in [5, 5.41) is 6.01. The summed E-state index contributed by atoms with van der Waals surface area (Å²) in [6.07, 6.45) is 2.15. The largest absolute Gasteiger partial charge is 0.493 e. The van der Waals surface area contributed by atoms with E-state index < -0.39 is 0 Å². The van der Waals surface area contributed by atoms with Gasteiger partial charge in [0.1, 0.15) is 12.4 Å². The molecule has 0 amide bonds. The lowest BCUT2D eigenvalue weighted by Crippen LogP contribution is -2.22. The van der Waals surface area contributed by atoms with Crippen molar-refractivity contribution in [2.24, 2.45) is 5.10 Å². The van der Waals surface area contributed by atoms with Crippen LogP contribution in [0.5, 0.6) is 11.5 Å². The van der Waals surface area contributed by atoms with Crippen molar-refractivity contribution in [2.75, 3.05) is 7.11 Å². The van der Waals surface area contributed by atoms with Gasteiger partial charge in [-0.3, -0.25) is 4.79 Å². The number of hydrogen-bond acceptors (Lipinski definition) is 5. The molecule has 9 heteroatoms. The van der Waals surface area contributed by atoms with Crippen molar-refractivity contribution in [3.63, 3.8) is 0 Å². The molecule has 4 aromatic rings. The topological polar surface area (TPSA) is 65.7 Å². The normalized spacial score (nSPS) is 11.3. The first kappa shape index (κ1) is 24.3. The highest BCUT2D eigenvalue weighted by Crippen LogP contribution is 2.30. The third-order valence-electron chi connectivity index (χ3n) is 5.10. The van der Waals surface area contributed by atoms with Crippen molar-refractivity contribution in [1.29, 1.82) is 0 Å². The lowest BCUT2D eigenvalue weighted by atomic mass is 10.2. The van der Waals surface area contributed by atoms with Crippen LogP contribution >= 0.6 is 39.1 Å². The second kappa shape index (κ2) is 10.6. The summed E-state index contributed by atoms with van der Waals surface area (Å²) in [4.78, 5) is 17.6. The molecule has 0 radical (unpaired) electrons. The van der Waals surface area contributed by atoms with Crippen LogP contribution in [0.4, 0.5) is 0 Å². The fourth-order valence-corrected chi connectivity index (χ4v) is 4.17. The van der Waals surface area contributed by atoms with E-state index >= 15 is 0 Å². The lowest BCUT2D eigenvalue weighted by molar-refractivity contribution is 0.284. The molecule has 1 heterocycles. The summed E-state index contributed by atoms with van der Waals surface area (Å²) in [7, 11) is 1.56. The molecule has 0 saturated carbocycles. The number of ether oxygens (including phenoxy) is 2. The van der Waals surface area contributed by atoms with E-state index in [4.69, 9.17) is 32.7 Å². The first-order valence-electron chi connectivity index (χ1n) is 10.4. The van der Waals surface area contributed by atoms with Crippen molar-refractivity contribution in [3.8, 4) is 11.5 Å². The number of halogens is 3. The van der Waals surface area contributed by atoms with E-state index in [2.05, 4.69) is 26.0 Å². The number of nitrogens with zero attached hydrogens (tertiary/aromatic N) is 3. The van der Waals surface area contributed by atoms with Gasteiger partial charge in [0.15, 0.2) is 11.5 Å². The number of rotatable bonds is 7. The van der Waals surface area contributed by atoms with Crippen LogP contribution in [0, 0.1) is 0 Å². The van der Waals surface area contributed by atoms with Crippen LogP contribution in [0.1, 0.15) is 23.9 Å². The monoisotopic (exact) mass is 559 g/mol. The van der Waals surface area contributed by atoms with Gasteiger partial charge in [0.25, 0.3) is 5.56 Å². The Morgan fingerprint density at radius 2 is 1.91 bits per heavy atom. The highest BCUT2D eigenvalue weighted by Gasteiger charge is 2.11. The highest BCUT2D eigenvalue weighted by molar-refractivity contribution is 9.10. The summed E-state index contributed by atoms with van der Waals surface area (Å²) < 4.78 is 13.5. The van der Waals surface area contributed by atoms with Gasteiger partial charge in [-0.05, 0) is 54.1 Å². The SMILES string of the molecule is CCc1nc2ccc(Br)cc2c(=O)n1N=Cc1ccc(OCc2ccc(Cl)cc2Cl)c(OC)c1. The molecule has 0 bridgehead atoms. The van der Waals surface area contributed by atoms with E-state index in [1.807, 2.05) is 31.2 Å². The fraction of sp³-hybridized carbons (Fsp3) is 0.160. The molecule has 0 aliphatic rings. The summed E-state index contributed by atoms with van der Waals surface area (Å²) in [5.74, 6) is 1.65. The predicted molar refractivity (Wildman–Crippen MR) is 140 cm³/mol. The molecule has 0 N–H and O–H groups in total. The number of aryl methyl sites for hydroxylation is 1. The van der Waals surface area contributed by atoms with Crippen LogP contribution in [-0.4, -0.2) is 23.0 Å². The summed E-state index contributed by atoms with van der Waals surface area (Å²) in [5.41, 5.74) is 1.95. The number of benzene rings is 3. The Balaban J connectivity index is 1.61. The molecule has 1 aromatic heterocycles. The number of aromatic nitrogens is 2. The molecule has 6 nitrogen and oxygen atoms in total. The third-order valence-corrected chi connectivity index (χ3v) is 6.18. The van der Waals surface area contributed by atoms with Crippen molar-refractivity contribution in [1.82, 2.24) is 9.66 Å². The smallest absolute Gasteiger partial charge is 0.282 e. The van der Waals surface area contributed by atoms with Crippen molar-refractivity contribution >= 4 is 56.2 Å². The van der Waals surface area contributed by atoms with Gasteiger partial charge < -0.3 is 9.47 Å². The predicted octanol–water partition coefficient (Wildman–Crippen LogP) is 6.50. The van der Waals surface area contributed by atoms with Crippen LogP contribution in [-0.2, 0) is 13.0 Å². The van der Waals surface area contributed by atoms with Crippen LogP contribution in [0.25, 0.3) is 10.9 Å². The van der Waals surface area contributed by atoms with Gasteiger partial charge in [-0.15, -0.1) is 0 Å². The van der Waals surface area contributed by atoms with Crippen LogP contribution in [0.3, 0.4) is 0 Å². The Morgan fingerprint density at radius 1 is 1.09 bits per heavy atom. The van der Waals surface area contributed by atoms with E-state index in [1.165, 1.54) is 4.68 Å². The Bertz CT molecular complexity index is 1450. The Labute approximate surface area is 214 Å². The third kappa shape index (κ3) is 5.27.